The number of halogens is 2. The highest BCUT2D eigenvalue weighted by atomic mass is 35.5. The Bertz CT molecular complexity index is 496. The summed E-state index contributed by atoms with van der Waals surface area (Å²) in [5, 5.41) is 2.87. The van der Waals surface area contributed by atoms with E-state index in [-0.39, 0.29) is 17.4 Å². The lowest BCUT2D eigenvalue weighted by Gasteiger charge is -2.19. The fraction of sp³-hybridized carbons (Fsp3) is 0.500. The summed E-state index contributed by atoms with van der Waals surface area (Å²) in [7, 11) is -3.45. The third kappa shape index (κ3) is 4.46. The molecule has 1 fully saturated rings. The van der Waals surface area contributed by atoms with Crippen molar-refractivity contribution in [2.45, 2.75) is 19.8 Å². The molecule has 1 N–H and O–H groups in total. The fourth-order valence-corrected chi connectivity index (χ4v) is 3.22. The van der Waals surface area contributed by atoms with E-state index in [0.717, 1.165) is 18.9 Å². The molecule has 0 amide bonds. The van der Waals surface area contributed by atoms with Gasteiger partial charge in [-0.25, -0.2) is 14.0 Å². The summed E-state index contributed by atoms with van der Waals surface area (Å²) in [6.45, 7) is 2.55. The molecule has 0 saturated heterocycles. The maximum Gasteiger partial charge on any atom is 0.458 e. The van der Waals surface area contributed by atoms with Crippen molar-refractivity contribution >= 4 is 19.3 Å². The quantitative estimate of drug-likeness (QED) is 0.773. The maximum absolute atomic E-state index is 12.9. The molecule has 106 valence electrons. The highest BCUT2D eigenvalue weighted by Crippen LogP contribution is 2.47. The Balaban J connectivity index is 2.07. The Morgan fingerprint density at radius 1 is 1.53 bits per heavy atom. The van der Waals surface area contributed by atoms with Gasteiger partial charge >= 0.3 is 7.75 Å². The van der Waals surface area contributed by atoms with Crippen LogP contribution in [0.3, 0.4) is 0 Å². The molecule has 4 nitrogen and oxygen atoms in total. The average molecular weight is 308 g/mol. The zero-order valence-electron chi connectivity index (χ0n) is 10.6. The molecular weight excluding hydrogens is 292 g/mol. The van der Waals surface area contributed by atoms with Gasteiger partial charge in [-0.05, 0) is 43.9 Å². The lowest BCUT2D eigenvalue weighted by molar-refractivity contribution is 0.268. The Morgan fingerprint density at radius 3 is 2.84 bits per heavy atom. The molecule has 1 aromatic rings. The number of nitrogens with one attached hydrogen (secondary N) is 1. The van der Waals surface area contributed by atoms with Gasteiger partial charge in [0, 0.05) is 6.54 Å². The van der Waals surface area contributed by atoms with Crippen molar-refractivity contribution < 1.29 is 18.0 Å². The van der Waals surface area contributed by atoms with Crippen molar-refractivity contribution in [2.75, 3.05) is 13.2 Å². The van der Waals surface area contributed by atoms with Crippen LogP contribution in [0, 0.1) is 11.7 Å². The van der Waals surface area contributed by atoms with Gasteiger partial charge in [-0.2, -0.15) is 0 Å². The van der Waals surface area contributed by atoms with Gasteiger partial charge in [-0.15, -0.1) is 0 Å². The molecule has 1 unspecified atom stereocenters. The van der Waals surface area contributed by atoms with Crippen LogP contribution >= 0.6 is 19.3 Å². The van der Waals surface area contributed by atoms with Crippen LogP contribution in [0.4, 0.5) is 4.39 Å². The predicted molar refractivity (Wildman–Crippen MR) is 72.0 cm³/mol. The minimum Gasteiger partial charge on any atom is -0.412 e. The van der Waals surface area contributed by atoms with E-state index in [0.29, 0.717) is 12.5 Å². The summed E-state index contributed by atoms with van der Waals surface area (Å²) in [5.41, 5.74) is 0. The summed E-state index contributed by atoms with van der Waals surface area (Å²) in [6.07, 6.45) is 2.24. The van der Waals surface area contributed by atoms with E-state index >= 15 is 0 Å². The minimum absolute atomic E-state index is 0.0631. The molecule has 0 aromatic heterocycles. The van der Waals surface area contributed by atoms with Gasteiger partial charge in [0.1, 0.15) is 11.6 Å². The van der Waals surface area contributed by atoms with Crippen LogP contribution in [0.25, 0.3) is 0 Å². The van der Waals surface area contributed by atoms with E-state index in [4.69, 9.17) is 20.6 Å². The minimum atomic E-state index is -3.45. The van der Waals surface area contributed by atoms with Crippen LogP contribution in [0.1, 0.15) is 19.8 Å². The molecule has 1 saturated carbocycles. The molecule has 1 aromatic carbocycles. The highest BCUT2D eigenvalue weighted by Gasteiger charge is 2.30. The summed E-state index contributed by atoms with van der Waals surface area (Å²) < 4.78 is 35.9. The molecule has 19 heavy (non-hydrogen) atoms. The predicted octanol–water partition coefficient (Wildman–Crippen LogP) is 4.00. The largest absolute Gasteiger partial charge is 0.458 e. The highest BCUT2D eigenvalue weighted by molar-refractivity contribution is 7.52. The van der Waals surface area contributed by atoms with Gasteiger partial charge < -0.3 is 4.52 Å². The second kappa shape index (κ2) is 6.23. The molecule has 1 atom stereocenters. The van der Waals surface area contributed by atoms with Crippen LogP contribution < -0.4 is 9.61 Å². The number of hydrogen-bond donors (Lipinski definition) is 1. The molecule has 0 aliphatic heterocycles. The Hall–Kier alpha value is -0.610. The zero-order chi connectivity index (χ0) is 13.9. The second-order valence-electron chi connectivity index (χ2n) is 4.39. The second-order valence-corrected chi connectivity index (χ2v) is 6.55. The van der Waals surface area contributed by atoms with E-state index in [1.165, 1.54) is 12.1 Å². The van der Waals surface area contributed by atoms with Gasteiger partial charge in [0.15, 0.2) is 0 Å². The van der Waals surface area contributed by atoms with Gasteiger partial charge in [-0.1, -0.05) is 11.6 Å². The topological polar surface area (TPSA) is 47.6 Å². The smallest absolute Gasteiger partial charge is 0.412 e. The molecule has 0 radical (unpaired) electrons. The SMILES string of the molecule is CCOP(=O)(NCC1CC1)Oc1ccc(F)cc1Cl. The van der Waals surface area contributed by atoms with Gasteiger partial charge in [0.05, 0.1) is 11.6 Å². The molecule has 7 heteroatoms. The normalized spacial score (nSPS) is 18.1. The lowest BCUT2D eigenvalue weighted by Crippen LogP contribution is -2.19. The summed E-state index contributed by atoms with van der Waals surface area (Å²) >= 11 is 5.84. The molecule has 1 aliphatic carbocycles. The van der Waals surface area contributed by atoms with Crippen molar-refractivity contribution in [3.05, 3.63) is 29.0 Å². The average Bonchev–Trinajstić information content (AvgIpc) is 3.15. The van der Waals surface area contributed by atoms with Crippen molar-refractivity contribution in [1.82, 2.24) is 5.09 Å². The van der Waals surface area contributed by atoms with E-state index in [2.05, 4.69) is 5.09 Å². The number of rotatable bonds is 7. The first-order valence-corrected chi connectivity index (χ1v) is 8.09. The number of benzene rings is 1. The van der Waals surface area contributed by atoms with E-state index in [9.17, 15) is 8.96 Å². The van der Waals surface area contributed by atoms with Crippen LogP contribution in [-0.4, -0.2) is 13.2 Å². The van der Waals surface area contributed by atoms with Crippen molar-refractivity contribution in [3.63, 3.8) is 0 Å². The van der Waals surface area contributed by atoms with Crippen molar-refractivity contribution in [3.8, 4) is 5.75 Å². The molecule has 2 rings (SSSR count). The van der Waals surface area contributed by atoms with Crippen LogP contribution in [0.5, 0.6) is 5.75 Å². The third-order valence-electron chi connectivity index (χ3n) is 2.68. The van der Waals surface area contributed by atoms with Gasteiger partial charge in [0.2, 0.25) is 0 Å². The molecule has 1 aliphatic rings. The van der Waals surface area contributed by atoms with Crippen molar-refractivity contribution in [2.24, 2.45) is 5.92 Å². The Labute approximate surface area is 116 Å². The van der Waals surface area contributed by atoms with Crippen LogP contribution in [-0.2, 0) is 9.09 Å². The molecular formula is C12H16ClFNO3P. The summed E-state index contributed by atoms with van der Waals surface area (Å²) in [5.74, 6) is 0.193. The molecule has 0 heterocycles. The van der Waals surface area contributed by atoms with Crippen LogP contribution in [0.2, 0.25) is 5.02 Å². The van der Waals surface area contributed by atoms with E-state index in [1.54, 1.807) is 6.92 Å². The third-order valence-corrected chi connectivity index (χ3v) is 4.58. The first kappa shape index (κ1) is 14.8. The van der Waals surface area contributed by atoms with E-state index < -0.39 is 13.6 Å². The number of hydrogen-bond acceptors (Lipinski definition) is 3. The summed E-state index contributed by atoms with van der Waals surface area (Å²) in [6, 6.07) is 3.63. The van der Waals surface area contributed by atoms with Crippen LogP contribution in [0.15, 0.2) is 18.2 Å². The maximum atomic E-state index is 12.9. The molecule has 0 spiro atoms. The molecule has 0 bridgehead atoms. The Kier molecular flexibility index (Phi) is 4.85. The Morgan fingerprint density at radius 2 is 2.26 bits per heavy atom. The first-order valence-electron chi connectivity index (χ1n) is 6.17. The van der Waals surface area contributed by atoms with Gasteiger partial charge in [0.25, 0.3) is 0 Å². The zero-order valence-corrected chi connectivity index (χ0v) is 12.2. The summed E-state index contributed by atoms with van der Waals surface area (Å²) in [4.78, 5) is 0. The monoisotopic (exact) mass is 307 g/mol. The fourth-order valence-electron chi connectivity index (χ4n) is 1.52. The lowest BCUT2D eigenvalue weighted by atomic mass is 10.3. The van der Waals surface area contributed by atoms with Gasteiger partial charge in [-0.3, -0.25) is 4.52 Å². The van der Waals surface area contributed by atoms with E-state index in [1.807, 2.05) is 0 Å². The van der Waals surface area contributed by atoms with Crippen molar-refractivity contribution in [1.29, 1.82) is 0 Å². The first-order chi connectivity index (χ1) is 9.02. The standard InChI is InChI=1S/C12H16ClFNO3P/c1-2-17-19(16,15-8-9-3-4-9)18-12-6-5-10(14)7-11(12)13/h5-7,9H,2-4,8H2,1H3,(H,15,16).